The molecule has 21 heavy (non-hydrogen) atoms. The molecule has 0 spiro atoms. The van der Waals surface area contributed by atoms with E-state index in [1.54, 1.807) is 16.5 Å². The van der Waals surface area contributed by atoms with Gasteiger partial charge in [0.1, 0.15) is 12.2 Å². The number of nitrogens with zero attached hydrogens (tertiary/aromatic N) is 3. The van der Waals surface area contributed by atoms with Crippen LogP contribution in [0.25, 0.3) is 0 Å². The number of carbonyl (C=O) groups excluding carboxylic acids is 2. The number of aryl methyl sites for hydroxylation is 2. The first kappa shape index (κ1) is 15.5. The van der Waals surface area contributed by atoms with E-state index in [2.05, 4.69) is 5.10 Å². The number of hydrogen-bond acceptors (Lipinski definition) is 4. The summed E-state index contributed by atoms with van der Waals surface area (Å²) in [6, 6.07) is 1.99. The van der Waals surface area contributed by atoms with Crippen molar-refractivity contribution in [3.8, 4) is 0 Å². The van der Waals surface area contributed by atoms with Crippen molar-refractivity contribution in [2.24, 2.45) is 0 Å². The van der Waals surface area contributed by atoms with Crippen molar-refractivity contribution in [1.82, 2.24) is 14.7 Å². The summed E-state index contributed by atoms with van der Waals surface area (Å²) < 4.78 is 6.67. The summed E-state index contributed by atoms with van der Waals surface area (Å²) >= 11 is 0. The molecule has 1 aliphatic carbocycles. The van der Waals surface area contributed by atoms with Gasteiger partial charge >= 0.3 is 5.97 Å². The standard InChI is InChI=1S/C15H23N3O3/c1-4-11-9-13(18(5-2)16-11)15(20)17(12-7-8-12)10-14(19)21-6-3/h9,12H,4-8,10H2,1-3H3. The van der Waals surface area contributed by atoms with Gasteiger partial charge in [0, 0.05) is 12.6 Å². The van der Waals surface area contributed by atoms with E-state index in [-0.39, 0.29) is 24.5 Å². The van der Waals surface area contributed by atoms with Gasteiger partial charge in [-0.15, -0.1) is 0 Å². The summed E-state index contributed by atoms with van der Waals surface area (Å²) in [4.78, 5) is 26.1. The minimum absolute atomic E-state index is 0.0215. The fourth-order valence-electron chi connectivity index (χ4n) is 2.30. The molecule has 2 rings (SSSR count). The van der Waals surface area contributed by atoms with Gasteiger partial charge in [0.15, 0.2) is 0 Å². The largest absolute Gasteiger partial charge is 0.465 e. The summed E-state index contributed by atoms with van der Waals surface area (Å²) in [5.74, 6) is -0.476. The van der Waals surface area contributed by atoms with Crippen molar-refractivity contribution in [3.63, 3.8) is 0 Å². The Balaban J connectivity index is 2.18. The molecule has 6 heteroatoms. The predicted molar refractivity (Wildman–Crippen MR) is 78.0 cm³/mol. The Kier molecular flexibility index (Phi) is 4.98. The van der Waals surface area contributed by atoms with Crippen LogP contribution in [0.5, 0.6) is 0 Å². The van der Waals surface area contributed by atoms with Crippen LogP contribution in [0.3, 0.4) is 0 Å². The van der Waals surface area contributed by atoms with E-state index < -0.39 is 0 Å². The zero-order valence-corrected chi connectivity index (χ0v) is 13.0. The molecule has 1 aromatic heterocycles. The summed E-state index contributed by atoms with van der Waals surface area (Å²) in [5, 5.41) is 4.40. The van der Waals surface area contributed by atoms with Crippen LogP contribution in [0.2, 0.25) is 0 Å². The van der Waals surface area contributed by atoms with Crippen LogP contribution >= 0.6 is 0 Å². The lowest BCUT2D eigenvalue weighted by atomic mass is 10.2. The highest BCUT2D eigenvalue weighted by Crippen LogP contribution is 2.28. The lowest BCUT2D eigenvalue weighted by Crippen LogP contribution is -2.39. The molecule has 0 unspecified atom stereocenters. The average molecular weight is 293 g/mol. The Bertz CT molecular complexity index is 520. The van der Waals surface area contributed by atoms with Crippen LogP contribution < -0.4 is 0 Å². The smallest absolute Gasteiger partial charge is 0.325 e. The molecule has 0 radical (unpaired) electrons. The van der Waals surface area contributed by atoms with Crippen molar-refractivity contribution in [1.29, 1.82) is 0 Å². The molecule has 1 heterocycles. The normalized spacial score (nSPS) is 14.0. The molecule has 0 aliphatic heterocycles. The monoisotopic (exact) mass is 293 g/mol. The van der Waals surface area contributed by atoms with Crippen LogP contribution in [-0.4, -0.2) is 45.8 Å². The summed E-state index contributed by atoms with van der Waals surface area (Å²) in [7, 11) is 0. The van der Waals surface area contributed by atoms with Gasteiger partial charge in [-0.2, -0.15) is 5.10 Å². The van der Waals surface area contributed by atoms with Gasteiger partial charge < -0.3 is 9.64 Å². The molecule has 1 saturated carbocycles. The number of ether oxygens (including phenoxy) is 1. The number of amides is 1. The molecule has 0 N–H and O–H groups in total. The topological polar surface area (TPSA) is 64.4 Å². The molecular weight excluding hydrogens is 270 g/mol. The number of carbonyl (C=O) groups is 2. The Hall–Kier alpha value is -1.85. The Morgan fingerprint density at radius 3 is 2.62 bits per heavy atom. The molecule has 116 valence electrons. The maximum Gasteiger partial charge on any atom is 0.325 e. The lowest BCUT2D eigenvalue weighted by Gasteiger charge is -2.21. The Morgan fingerprint density at radius 2 is 2.10 bits per heavy atom. The van der Waals surface area contributed by atoms with Gasteiger partial charge in [-0.3, -0.25) is 14.3 Å². The fraction of sp³-hybridized carbons (Fsp3) is 0.667. The molecule has 0 saturated heterocycles. The summed E-state index contributed by atoms with van der Waals surface area (Å²) in [6.07, 6.45) is 2.69. The van der Waals surface area contributed by atoms with E-state index in [0.29, 0.717) is 18.8 Å². The molecule has 0 atom stereocenters. The van der Waals surface area contributed by atoms with Crippen LogP contribution in [0.15, 0.2) is 6.07 Å². The molecule has 1 aromatic rings. The number of hydrogen-bond donors (Lipinski definition) is 0. The highest BCUT2D eigenvalue weighted by atomic mass is 16.5. The van der Waals surface area contributed by atoms with Crippen LogP contribution in [0.1, 0.15) is 49.8 Å². The van der Waals surface area contributed by atoms with Crippen molar-refractivity contribution in [2.45, 2.75) is 52.6 Å². The van der Waals surface area contributed by atoms with Gasteiger partial charge in [0.05, 0.1) is 12.3 Å². The van der Waals surface area contributed by atoms with Crippen LogP contribution in [0, 0.1) is 0 Å². The lowest BCUT2D eigenvalue weighted by molar-refractivity contribution is -0.144. The first-order valence-electron chi connectivity index (χ1n) is 7.63. The highest BCUT2D eigenvalue weighted by molar-refractivity contribution is 5.95. The average Bonchev–Trinajstić information content (AvgIpc) is 3.22. The second kappa shape index (κ2) is 6.74. The summed E-state index contributed by atoms with van der Waals surface area (Å²) in [6.45, 7) is 6.72. The van der Waals surface area contributed by atoms with Gasteiger partial charge in [0.25, 0.3) is 5.91 Å². The second-order valence-electron chi connectivity index (χ2n) is 5.16. The molecule has 1 aliphatic rings. The fourth-order valence-corrected chi connectivity index (χ4v) is 2.30. The van der Waals surface area contributed by atoms with E-state index in [1.807, 2.05) is 19.9 Å². The predicted octanol–water partition coefficient (Wildman–Crippen LogP) is 1.63. The SMILES string of the molecule is CCOC(=O)CN(C(=O)c1cc(CC)nn1CC)C1CC1. The van der Waals surface area contributed by atoms with E-state index >= 15 is 0 Å². The van der Waals surface area contributed by atoms with E-state index in [9.17, 15) is 9.59 Å². The van der Waals surface area contributed by atoms with Crippen molar-refractivity contribution in [3.05, 3.63) is 17.5 Å². The quantitative estimate of drug-likeness (QED) is 0.717. The van der Waals surface area contributed by atoms with Crippen molar-refractivity contribution in [2.75, 3.05) is 13.2 Å². The molecule has 0 aromatic carbocycles. The molecular formula is C15H23N3O3. The zero-order chi connectivity index (χ0) is 15.4. The van der Waals surface area contributed by atoms with Crippen molar-refractivity contribution < 1.29 is 14.3 Å². The molecule has 1 amide bonds. The van der Waals surface area contributed by atoms with Gasteiger partial charge in [-0.25, -0.2) is 0 Å². The third-order valence-corrected chi connectivity index (χ3v) is 3.56. The highest BCUT2D eigenvalue weighted by Gasteiger charge is 2.36. The van der Waals surface area contributed by atoms with Gasteiger partial charge in [-0.05, 0) is 39.2 Å². The van der Waals surface area contributed by atoms with E-state index in [1.165, 1.54) is 0 Å². The van der Waals surface area contributed by atoms with Crippen LogP contribution in [-0.2, 0) is 22.5 Å². The maximum absolute atomic E-state index is 12.7. The number of aromatic nitrogens is 2. The van der Waals surface area contributed by atoms with Gasteiger partial charge in [0.2, 0.25) is 0 Å². The van der Waals surface area contributed by atoms with Crippen molar-refractivity contribution >= 4 is 11.9 Å². The van der Waals surface area contributed by atoms with Crippen LogP contribution in [0.4, 0.5) is 0 Å². The molecule has 6 nitrogen and oxygen atoms in total. The first-order valence-corrected chi connectivity index (χ1v) is 7.63. The Labute approximate surface area is 125 Å². The van der Waals surface area contributed by atoms with E-state index in [0.717, 1.165) is 25.0 Å². The second-order valence-corrected chi connectivity index (χ2v) is 5.16. The molecule has 0 bridgehead atoms. The number of rotatable bonds is 7. The third-order valence-electron chi connectivity index (χ3n) is 3.56. The minimum Gasteiger partial charge on any atom is -0.465 e. The molecule has 1 fully saturated rings. The zero-order valence-electron chi connectivity index (χ0n) is 13.0. The Morgan fingerprint density at radius 1 is 1.38 bits per heavy atom. The summed E-state index contributed by atoms with van der Waals surface area (Å²) in [5.41, 5.74) is 1.46. The third kappa shape index (κ3) is 3.62. The maximum atomic E-state index is 12.7. The number of esters is 1. The first-order chi connectivity index (χ1) is 10.1. The van der Waals surface area contributed by atoms with E-state index in [4.69, 9.17) is 4.74 Å². The minimum atomic E-state index is -0.351. The van der Waals surface area contributed by atoms with Gasteiger partial charge in [-0.1, -0.05) is 6.92 Å².